The van der Waals surface area contributed by atoms with Crippen molar-refractivity contribution in [2.45, 2.75) is 6.42 Å². The molecule has 0 unspecified atom stereocenters. The maximum Gasteiger partial charge on any atom is 0.347 e. The summed E-state index contributed by atoms with van der Waals surface area (Å²) in [6, 6.07) is 14.3. The summed E-state index contributed by atoms with van der Waals surface area (Å²) in [6.07, 6.45) is 0.260. The third-order valence-corrected chi connectivity index (χ3v) is 3.88. The molecule has 0 radical (unpaired) electrons. The van der Waals surface area contributed by atoms with Gasteiger partial charge in [-0.1, -0.05) is 30.3 Å². The maximum absolute atomic E-state index is 12.1. The van der Waals surface area contributed by atoms with Crippen LogP contribution in [0.4, 0.5) is 0 Å². The summed E-state index contributed by atoms with van der Waals surface area (Å²) in [5, 5.41) is 0. The van der Waals surface area contributed by atoms with Gasteiger partial charge in [0.05, 0.1) is 25.4 Å². The van der Waals surface area contributed by atoms with Gasteiger partial charge in [-0.05, 0) is 29.3 Å². The van der Waals surface area contributed by atoms with E-state index in [0.717, 1.165) is 5.56 Å². The zero-order valence-electron chi connectivity index (χ0n) is 13.4. The summed E-state index contributed by atoms with van der Waals surface area (Å²) in [5.74, 6) is 0.0846. The Kier molecular flexibility index (Phi) is 4.33. The molecule has 0 aromatic heterocycles. The van der Waals surface area contributed by atoms with E-state index in [4.69, 9.17) is 14.2 Å². The van der Waals surface area contributed by atoms with E-state index in [9.17, 15) is 9.59 Å². The van der Waals surface area contributed by atoms with Crippen LogP contribution >= 0.6 is 0 Å². The van der Waals surface area contributed by atoms with Crippen LogP contribution in [0.1, 0.15) is 11.1 Å². The van der Waals surface area contributed by atoms with E-state index in [1.54, 1.807) is 38.5 Å². The van der Waals surface area contributed by atoms with Crippen LogP contribution in [0.3, 0.4) is 0 Å². The standard InChI is InChI=1S/C19H16O5/c1-22-14-9-7-12(8-10-14)17-15(18(20)24-19(17)21)11-13-5-3-4-6-16(13)23-2/h3-10H,11H2,1-2H3. The fourth-order valence-corrected chi connectivity index (χ4v) is 2.67. The maximum atomic E-state index is 12.1. The van der Waals surface area contributed by atoms with Crippen LogP contribution in [0.15, 0.2) is 54.1 Å². The third-order valence-electron chi connectivity index (χ3n) is 3.88. The number of hydrogen-bond donors (Lipinski definition) is 0. The Bertz CT molecular complexity index is 818. The van der Waals surface area contributed by atoms with Gasteiger partial charge in [0.25, 0.3) is 0 Å². The highest BCUT2D eigenvalue weighted by Crippen LogP contribution is 2.32. The fourth-order valence-electron chi connectivity index (χ4n) is 2.67. The van der Waals surface area contributed by atoms with Crippen LogP contribution in [-0.4, -0.2) is 26.2 Å². The van der Waals surface area contributed by atoms with Gasteiger partial charge < -0.3 is 14.2 Å². The van der Waals surface area contributed by atoms with Crippen LogP contribution < -0.4 is 9.47 Å². The molecule has 1 aliphatic rings. The molecule has 5 heteroatoms. The largest absolute Gasteiger partial charge is 0.497 e. The molecular formula is C19H16O5. The zero-order valence-corrected chi connectivity index (χ0v) is 13.4. The lowest BCUT2D eigenvalue weighted by Crippen LogP contribution is -2.04. The first-order chi connectivity index (χ1) is 11.6. The van der Waals surface area contributed by atoms with Crippen molar-refractivity contribution >= 4 is 17.5 Å². The number of benzene rings is 2. The topological polar surface area (TPSA) is 61.8 Å². The quantitative estimate of drug-likeness (QED) is 0.625. The molecule has 5 nitrogen and oxygen atoms in total. The van der Waals surface area contributed by atoms with Gasteiger partial charge in [-0.3, -0.25) is 0 Å². The summed E-state index contributed by atoms with van der Waals surface area (Å²) >= 11 is 0. The molecule has 0 aliphatic carbocycles. The van der Waals surface area contributed by atoms with Crippen LogP contribution in [0.5, 0.6) is 11.5 Å². The molecule has 122 valence electrons. The van der Waals surface area contributed by atoms with Crippen molar-refractivity contribution in [2.75, 3.05) is 14.2 Å². The molecule has 0 bridgehead atoms. The van der Waals surface area contributed by atoms with E-state index >= 15 is 0 Å². The van der Waals surface area contributed by atoms with Crippen LogP contribution in [0.25, 0.3) is 5.57 Å². The van der Waals surface area contributed by atoms with E-state index in [2.05, 4.69) is 0 Å². The molecule has 0 N–H and O–H groups in total. The molecule has 1 heterocycles. The summed E-state index contributed by atoms with van der Waals surface area (Å²) in [6.45, 7) is 0. The van der Waals surface area contributed by atoms with E-state index < -0.39 is 11.9 Å². The van der Waals surface area contributed by atoms with Gasteiger partial charge in [0.15, 0.2) is 0 Å². The SMILES string of the molecule is COc1ccc(C2=C(Cc3ccccc3OC)C(=O)OC2=O)cc1. The number of carbonyl (C=O) groups excluding carboxylic acids is 2. The molecule has 0 amide bonds. The highest BCUT2D eigenvalue weighted by Gasteiger charge is 2.34. The van der Waals surface area contributed by atoms with Crippen LogP contribution in [0, 0.1) is 0 Å². The van der Waals surface area contributed by atoms with E-state index in [1.807, 2.05) is 24.3 Å². The van der Waals surface area contributed by atoms with Gasteiger partial charge >= 0.3 is 11.9 Å². The molecule has 0 saturated heterocycles. The van der Waals surface area contributed by atoms with Crippen molar-refractivity contribution in [2.24, 2.45) is 0 Å². The van der Waals surface area contributed by atoms with Crippen molar-refractivity contribution in [3.05, 3.63) is 65.2 Å². The van der Waals surface area contributed by atoms with E-state index in [0.29, 0.717) is 22.6 Å². The van der Waals surface area contributed by atoms with Crippen molar-refractivity contribution in [1.29, 1.82) is 0 Å². The minimum Gasteiger partial charge on any atom is -0.497 e. The molecule has 2 aromatic rings. The van der Waals surface area contributed by atoms with E-state index in [1.165, 1.54) is 0 Å². The second-order valence-corrected chi connectivity index (χ2v) is 5.25. The number of cyclic esters (lactones) is 2. The number of hydrogen-bond acceptors (Lipinski definition) is 5. The first-order valence-corrected chi connectivity index (χ1v) is 7.40. The molecule has 0 atom stereocenters. The second kappa shape index (κ2) is 6.58. The lowest BCUT2D eigenvalue weighted by Gasteiger charge is -2.08. The van der Waals surface area contributed by atoms with Gasteiger partial charge in [-0.25, -0.2) is 9.59 Å². The number of ether oxygens (including phenoxy) is 3. The molecule has 1 aliphatic heterocycles. The Morgan fingerprint density at radius 2 is 1.58 bits per heavy atom. The van der Waals surface area contributed by atoms with Gasteiger partial charge in [0.1, 0.15) is 11.5 Å². The van der Waals surface area contributed by atoms with Gasteiger partial charge in [0.2, 0.25) is 0 Å². The summed E-state index contributed by atoms with van der Waals surface area (Å²) in [5.41, 5.74) is 2.05. The summed E-state index contributed by atoms with van der Waals surface area (Å²) in [7, 11) is 3.13. The van der Waals surface area contributed by atoms with Crippen molar-refractivity contribution in [3.8, 4) is 11.5 Å². The minimum absolute atomic E-state index is 0.260. The fraction of sp³-hybridized carbons (Fsp3) is 0.158. The third kappa shape index (κ3) is 2.88. The Morgan fingerprint density at radius 1 is 0.875 bits per heavy atom. The zero-order chi connectivity index (χ0) is 17.1. The molecule has 2 aromatic carbocycles. The summed E-state index contributed by atoms with van der Waals surface area (Å²) < 4.78 is 15.2. The Labute approximate surface area is 139 Å². The van der Waals surface area contributed by atoms with Crippen LogP contribution in [0.2, 0.25) is 0 Å². The lowest BCUT2D eigenvalue weighted by molar-refractivity contribution is -0.150. The molecular weight excluding hydrogens is 308 g/mol. The summed E-state index contributed by atoms with van der Waals surface area (Å²) in [4.78, 5) is 24.3. The first-order valence-electron chi connectivity index (χ1n) is 7.40. The monoisotopic (exact) mass is 324 g/mol. The average Bonchev–Trinajstić information content (AvgIpc) is 2.89. The number of carbonyl (C=O) groups is 2. The second-order valence-electron chi connectivity index (χ2n) is 5.25. The Balaban J connectivity index is 2.04. The average molecular weight is 324 g/mol. The number of methoxy groups -OCH3 is 2. The molecule has 0 saturated carbocycles. The highest BCUT2D eigenvalue weighted by atomic mass is 16.6. The van der Waals surface area contributed by atoms with E-state index in [-0.39, 0.29) is 12.0 Å². The molecule has 3 rings (SSSR count). The Hall–Kier alpha value is -3.08. The normalized spacial score (nSPS) is 13.9. The molecule has 24 heavy (non-hydrogen) atoms. The minimum atomic E-state index is -0.630. The highest BCUT2D eigenvalue weighted by molar-refractivity contribution is 6.31. The van der Waals surface area contributed by atoms with Crippen LogP contribution in [-0.2, 0) is 20.7 Å². The number of esters is 2. The predicted octanol–water partition coefficient (Wildman–Crippen LogP) is 2.78. The molecule has 0 fully saturated rings. The number of para-hydroxylation sites is 1. The predicted molar refractivity (Wildman–Crippen MR) is 87.7 cm³/mol. The Morgan fingerprint density at radius 3 is 2.25 bits per heavy atom. The smallest absolute Gasteiger partial charge is 0.347 e. The lowest BCUT2D eigenvalue weighted by atomic mass is 9.96. The number of rotatable bonds is 5. The van der Waals surface area contributed by atoms with Crippen molar-refractivity contribution < 1.29 is 23.8 Å². The van der Waals surface area contributed by atoms with Gasteiger partial charge in [0, 0.05) is 6.42 Å². The first kappa shape index (κ1) is 15.8. The van der Waals surface area contributed by atoms with Gasteiger partial charge in [-0.2, -0.15) is 0 Å². The van der Waals surface area contributed by atoms with Crippen molar-refractivity contribution in [3.63, 3.8) is 0 Å². The van der Waals surface area contributed by atoms with Gasteiger partial charge in [-0.15, -0.1) is 0 Å². The van der Waals surface area contributed by atoms with Crippen molar-refractivity contribution in [1.82, 2.24) is 0 Å². The molecule has 0 spiro atoms.